The number of carbonyl (C=O) groups excluding carboxylic acids is 1. The second-order valence-electron chi connectivity index (χ2n) is 11.6. The summed E-state index contributed by atoms with van der Waals surface area (Å²) < 4.78 is 61.4. The van der Waals surface area contributed by atoms with Gasteiger partial charge in [0.05, 0.1) is 24.8 Å². The molecule has 1 saturated carbocycles. The number of carbonyl (C=O) groups is 1. The van der Waals surface area contributed by atoms with Gasteiger partial charge in [-0.15, -0.1) is 0 Å². The molecule has 1 saturated heterocycles. The lowest BCUT2D eigenvalue weighted by Crippen LogP contribution is -2.48. The Morgan fingerprint density at radius 3 is 2.58 bits per heavy atom. The van der Waals surface area contributed by atoms with Crippen LogP contribution in [0.2, 0.25) is 0 Å². The van der Waals surface area contributed by atoms with Crippen LogP contribution in [0.1, 0.15) is 48.7 Å². The van der Waals surface area contributed by atoms with Crippen molar-refractivity contribution < 1.29 is 26.7 Å². The number of nitrogens with one attached hydrogen (secondary N) is 2. The van der Waals surface area contributed by atoms with Crippen molar-refractivity contribution >= 4 is 38.4 Å². The average molecular weight is 616 g/mol. The lowest BCUT2D eigenvalue weighted by Gasteiger charge is -2.28. The molecule has 4 aromatic rings. The minimum atomic E-state index is -4.26. The molecule has 6 rings (SSSR count). The molecule has 43 heavy (non-hydrogen) atoms. The number of piperidine rings is 1. The highest BCUT2D eigenvalue weighted by atomic mass is 32.2. The molecule has 14 heteroatoms. The average Bonchev–Trinajstić information content (AvgIpc) is 3.62. The van der Waals surface area contributed by atoms with Crippen molar-refractivity contribution in [1.82, 2.24) is 29.6 Å². The van der Waals surface area contributed by atoms with Crippen LogP contribution in [0.4, 0.5) is 14.6 Å². The van der Waals surface area contributed by atoms with E-state index < -0.39 is 16.6 Å². The van der Waals surface area contributed by atoms with Crippen molar-refractivity contribution in [2.75, 3.05) is 24.2 Å². The van der Waals surface area contributed by atoms with Crippen molar-refractivity contribution in [1.29, 1.82) is 0 Å². The Labute approximate surface area is 248 Å². The number of imidazole rings is 1. The molecule has 2 fully saturated rings. The maximum absolute atomic E-state index is 13.8. The van der Waals surface area contributed by atoms with Crippen molar-refractivity contribution in [2.45, 2.75) is 64.7 Å². The Balaban J connectivity index is 1.43. The monoisotopic (exact) mass is 615 g/mol. The van der Waals surface area contributed by atoms with Gasteiger partial charge in [-0.25, -0.2) is 18.4 Å². The smallest absolute Gasteiger partial charge is 0.329 e. The largest absolute Gasteiger partial charge is 0.482 e. The predicted octanol–water partition coefficient (Wildman–Crippen LogP) is 3.94. The van der Waals surface area contributed by atoms with Gasteiger partial charge >= 0.3 is 6.55 Å². The van der Waals surface area contributed by atoms with Crippen LogP contribution in [0, 0.1) is 12.8 Å². The second kappa shape index (κ2) is 11.1. The summed E-state index contributed by atoms with van der Waals surface area (Å²) in [6.07, 6.45) is 4.66. The van der Waals surface area contributed by atoms with Gasteiger partial charge in [-0.3, -0.25) is 9.20 Å². The van der Waals surface area contributed by atoms with Gasteiger partial charge in [0.2, 0.25) is 10.0 Å². The molecule has 2 atom stereocenters. The van der Waals surface area contributed by atoms with Crippen LogP contribution >= 0.6 is 0 Å². The molecule has 1 aliphatic heterocycles. The third kappa shape index (κ3) is 5.65. The van der Waals surface area contributed by atoms with Crippen molar-refractivity contribution in [2.24, 2.45) is 5.92 Å². The van der Waals surface area contributed by atoms with Gasteiger partial charge < -0.3 is 19.9 Å². The van der Waals surface area contributed by atoms with Crippen LogP contribution in [0.25, 0.3) is 28.1 Å². The number of aromatic nitrogens is 4. The molecule has 5 heterocycles. The zero-order chi connectivity index (χ0) is 30.6. The number of pyridine rings is 2. The summed E-state index contributed by atoms with van der Waals surface area (Å²) in [7, 11) is -2.73. The Hall–Kier alpha value is -3.78. The fourth-order valence-corrected chi connectivity index (χ4v) is 6.52. The first kappa shape index (κ1) is 29.3. The summed E-state index contributed by atoms with van der Waals surface area (Å²) in [5, 5.41) is 7.17. The SMILES string of the molecule is COc1cc(C(=O)N[C@@H]2CC[C@H](C)NC2)cc2nc(-c3cc4ccc(N(C(F)F)S(C)(=O)=O)nc4n3CC3CC3)c(C)n12. The summed E-state index contributed by atoms with van der Waals surface area (Å²) in [5.74, 6) is 0.275. The Bertz CT molecular complexity index is 1810. The number of rotatable bonds is 9. The van der Waals surface area contributed by atoms with Crippen LogP contribution in [-0.4, -0.2) is 71.8 Å². The van der Waals surface area contributed by atoms with Crippen molar-refractivity contribution in [3.05, 3.63) is 41.6 Å². The first-order chi connectivity index (χ1) is 20.4. The highest BCUT2D eigenvalue weighted by Crippen LogP contribution is 2.38. The standard InChI is InChI=1S/C29H35F2N7O4S/c1-16-5-9-21(14-32-16)33-28(39)20-12-24-34-26(17(2)37(24)25(13-20)42-3)22-11-19-8-10-23(38(29(30)31)43(4,40)41)35-27(19)36(22)15-18-6-7-18/h8,10-13,16,18,21,29,32H,5-7,9,14-15H2,1-4H3,(H,33,39)/t16-,21+/m0/s1. The van der Waals surface area contributed by atoms with Crippen LogP contribution in [0.5, 0.6) is 5.88 Å². The van der Waals surface area contributed by atoms with E-state index in [0.29, 0.717) is 64.6 Å². The third-order valence-corrected chi connectivity index (χ3v) is 9.32. The van der Waals surface area contributed by atoms with E-state index in [1.165, 1.54) is 13.2 Å². The summed E-state index contributed by atoms with van der Waals surface area (Å²) >= 11 is 0. The van der Waals surface area contributed by atoms with E-state index in [2.05, 4.69) is 22.5 Å². The first-order valence-corrected chi connectivity index (χ1v) is 16.2. The van der Waals surface area contributed by atoms with E-state index in [4.69, 9.17) is 9.72 Å². The summed E-state index contributed by atoms with van der Waals surface area (Å²) in [6.45, 7) is 2.03. The minimum absolute atomic E-state index is 0.0259. The second-order valence-corrected chi connectivity index (χ2v) is 13.4. The maximum Gasteiger partial charge on any atom is 0.329 e. The topological polar surface area (TPSA) is 123 Å². The normalized spacial score (nSPS) is 19.3. The number of hydrogen-bond acceptors (Lipinski definition) is 7. The van der Waals surface area contributed by atoms with Crippen LogP contribution in [0.3, 0.4) is 0 Å². The number of nitrogens with zero attached hydrogens (tertiary/aromatic N) is 5. The molecule has 0 radical (unpaired) electrons. The van der Waals surface area contributed by atoms with Gasteiger partial charge in [0.15, 0.2) is 5.88 Å². The number of alkyl halides is 2. The molecule has 2 N–H and O–H groups in total. The summed E-state index contributed by atoms with van der Waals surface area (Å²) in [4.78, 5) is 22.6. The number of ether oxygens (including phenoxy) is 1. The Kier molecular flexibility index (Phi) is 7.53. The van der Waals surface area contributed by atoms with Gasteiger partial charge in [-0.2, -0.15) is 13.1 Å². The van der Waals surface area contributed by atoms with E-state index in [1.807, 2.05) is 22.0 Å². The van der Waals surface area contributed by atoms with Gasteiger partial charge in [0.25, 0.3) is 5.91 Å². The number of fused-ring (bicyclic) bond motifs is 2. The van der Waals surface area contributed by atoms with Gasteiger partial charge in [-0.05, 0) is 69.7 Å². The zero-order valence-electron chi connectivity index (χ0n) is 24.5. The van der Waals surface area contributed by atoms with Gasteiger partial charge in [0, 0.05) is 42.2 Å². The van der Waals surface area contributed by atoms with Crippen LogP contribution in [-0.2, 0) is 16.6 Å². The molecule has 0 aromatic carbocycles. The van der Waals surface area contributed by atoms with Gasteiger partial charge in [0.1, 0.15) is 22.8 Å². The minimum Gasteiger partial charge on any atom is -0.482 e. The molecular weight excluding hydrogens is 580 g/mol. The fraction of sp³-hybridized carbons (Fsp3) is 0.483. The number of hydrogen-bond donors (Lipinski definition) is 2. The molecular formula is C29H35F2N7O4S. The maximum atomic E-state index is 13.8. The summed E-state index contributed by atoms with van der Waals surface area (Å²) in [6, 6.07) is 8.64. The van der Waals surface area contributed by atoms with E-state index in [9.17, 15) is 22.0 Å². The molecule has 0 unspecified atom stereocenters. The van der Waals surface area contributed by atoms with E-state index in [0.717, 1.165) is 37.6 Å². The fourth-order valence-electron chi connectivity index (χ4n) is 5.79. The zero-order valence-corrected chi connectivity index (χ0v) is 25.3. The lowest BCUT2D eigenvalue weighted by molar-refractivity contribution is 0.0927. The Morgan fingerprint density at radius 1 is 1.19 bits per heavy atom. The van der Waals surface area contributed by atoms with Gasteiger partial charge in [-0.1, -0.05) is 0 Å². The molecule has 1 amide bonds. The highest BCUT2D eigenvalue weighted by Gasteiger charge is 2.31. The van der Waals surface area contributed by atoms with Crippen LogP contribution < -0.4 is 19.7 Å². The molecule has 2 aliphatic rings. The third-order valence-electron chi connectivity index (χ3n) is 8.25. The molecule has 4 aromatic heterocycles. The van der Waals surface area contributed by atoms with Crippen LogP contribution in [0.15, 0.2) is 30.3 Å². The summed E-state index contributed by atoms with van der Waals surface area (Å²) in [5.41, 5.74) is 3.44. The van der Waals surface area contributed by atoms with E-state index in [1.54, 1.807) is 18.2 Å². The number of amides is 1. The van der Waals surface area contributed by atoms with Crippen molar-refractivity contribution in [3.8, 4) is 17.3 Å². The number of aryl methyl sites for hydroxylation is 1. The number of methoxy groups -OCH3 is 1. The number of anilines is 1. The molecule has 0 bridgehead atoms. The Morgan fingerprint density at radius 2 is 1.95 bits per heavy atom. The molecule has 230 valence electrons. The number of sulfonamides is 1. The quantitative estimate of drug-likeness (QED) is 0.274. The van der Waals surface area contributed by atoms with Crippen molar-refractivity contribution in [3.63, 3.8) is 0 Å². The van der Waals surface area contributed by atoms with E-state index >= 15 is 0 Å². The first-order valence-electron chi connectivity index (χ1n) is 14.3. The lowest BCUT2D eigenvalue weighted by atomic mass is 10.0. The molecule has 1 aliphatic carbocycles. The molecule has 11 nitrogen and oxygen atoms in total. The number of halogens is 2. The molecule has 0 spiro atoms. The van der Waals surface area contributed by atoms with E-state index in [-0.39, 0.29) is 22.1 Å². The highest BCUT2D eigenvalue weighted by molar-refractivity contribution is 7.92. The predicted molar refractivity (Wildman–Crippen MR) is 159 cm³/mol.